The zero-order chi connectivity index (χ0) is 15.3. The number of benzene rings is 1. The molecule has 0 radical (unpaired) electrons. The first-order valence-electron chi connectivity index (χ1n) is 7.88. The molecule has 1 aromatic carbocycles. The molecule has 1 heterocycles. The highest BCUT2D eigenvalue weighted by molar-refractivity contribution is 5.14. The number of aryl methyl sites for hydroxylation is 1. The lowest BCUT2D eigenvalue weighted by Gasteiger charge is -2.34. The zero-order valence-electron chi connectivity index (χ0n) is 13.1. The monoisotopic (exact) mass is 290 g/mol. The van der Waals surface area contributed by atoms with Crippen molar-refractivity contribution in [3.63, 3.8) is 0 Å². The molecule has 1 saturated heterocycles. The summed E-state index contributed by atoms with van der Waals surface area (Å²) in [4.78, 5) is 13.1. The summed E-state index contributed by atoms with van der Waals surface area (Å²) in [5.41, 5.74) is 0.575. The van der Waals surface area contributed by atoms with E-state index in [9.17, 15) is 10.1 Å². The number of rotatable bonds is 6. The highest BCUT2D eigenvalue weighted by Crippen LogP contribution is 2.24. The SMILES string of the molecule is CC(C)(CN1CCC(CCc2ccccc2)CC1)[N+](=O)[O-]. The molecule has 2 rings (SSSR count). The van der Waals surface area contributed by atoms with Gasteiger partial charge in [-0.05, 0) is 50.3 Å². The summed E-state index contributed by atoms with van der Waals surface area (Å²) >= 11 is 0. The minimum absolute atomic E-state index is 0.158. The van der Waals surface area contributed by atoms with E-state index in [2.05, 4.69) is 35.2 Å². The van der Waals surface area contributed by atoms with Crippen LogP contribution in [0.3, 0.4) is 0 Å². The van der Waals surface area contributed by atoms with Gasteiger partial charge in [0.2, 0.25) is 5.54 Å². The molecular weight excluding hydrogens is 264 g/mol. The van der Waals surface area contributed by atoms with Gasteiger partial charge in [-0.2, -0.15) is 0 Å². The van der Waals surface area contributed by atoms with E-state index in [-0.39, 0.29) is 4.92 Å². The van der Waals surface area contributed by atoms with E-state index in [1.807, 2.05) is 0 Å². The van der Waals surface area contributed by atoms with E-state index >= 15 is 0 Å². The zero-order valence-corrected chi connectivity index (χ0v) is 13.1. The summed E-state index contributed by atoms with van der Waals surface area (Å²) in [5.74, 6) is 0.764. The van der Waals surface area contributed by atoms with E-state index in [1.54, 1.807) is 13.8 Å². The summed E-state index contributed by atoms with van der Waals surface area (Å²) in [5, 5.41) is 11.0. The van der Waals surface area contributed by atoms with Crippen molar-refractivity contribution in [1.82, 2.24) is 4.90 Å². The fraction of sp³-hybridized carbons (Fsp3) is 0.647. The Hall–Kier alpha value is -1.42. The van der Waals surface area contributed by atoms with Crippen molar-refractivity contribution in [1.29, 1.82) is 0 Å². The predicted octanol–water partition coefficient (Wildman–Crippen LogP) is 3.39. The highest BCUT2D eigenvalue weighted by Gasteiger charge is 2.34. The lowest BCUT2D eigenvalue weighted by molar-refractivity contribution is -0.561. The topological polar surface area (TPSA) is 46.4 Å². The average molecular weight is 290 g/mol. The molecular formula is C17H26N2O2. The first kappa shape index (κ1) is 16.0. The van der Waals surface area contributed by atoms with Gasteiger partial charge >= 0.3 is 0 Å². The van der Waals surface area contributed by atoms with Crippen LogP contribution in [0.5, 0.6) is 0 Å². The Balaban J connectivity index is 1.72. The van der Waals surface area contributed by atoms with Gasteiger partial charge in [-0.1, -0.05) is 30.3 Å². The summed E-state index contributed by atoms with van der Waals surface area (Å²) in [6, 6.07) is 10.6. The molecule has 0 atom stereocenters. The molecule has 21 heavy (non-hydrogen) atoms. The minimum atomic E-state index is -0.836. The summed E-state index contributed by atoms with van der Waals surface area (Å²) in [6.07, 6.45) is 4.71. The van der Waals surface area contributed by atoms with Gasteiger partial charge in [-0.25, -0.2) is 0 Å². The second-order valence-corrected chi connectivity index (χ2v) is 6.81. The minimum Gasteiger partial charge on any atom is -0.297 e. The van der Waals surface area contributed by atoms with Crippen LogP contribution < -0.4 is 0 Å². The molecule has 0 N–H and O–H groups in total. The maximum Gasteiger partial charge on any atom is 0.229 e. The number of nitrogens with zero attached hydrogens (tertiary/aromatic N) is 2. The molecule has 1 fully saturated rings. The molecule has 4 nitrogen and oxygen atoms in total. The van der Waals surface area contributed by atoms with Crippen molar-refractivity contribution in [3.05, 3.63) is 46.0 Å². The van der Waals surface area contributed by atoms with Gasteiger partial charge in [0.1, 0.15) is 0 Å². The normalized spacial score (nSPS) is 17.8. The Kier molecular flexibility index (Phi) is 5.34. The van der Waals surface area contributed by atoms with Crippen molar-refractivity contribution in [2.24, 2.45) is 5.92 Å². The molecule has 116 valence electrons. The second kappa shape index (κ2) is 7.03. The van der Waals surface area contributed by atoms with Crippen molar-refractivity contribution in [2.45, 2.75) is 45.1 Å². The summed E-state index contributed by atoms with van der Waals surface area (Å²) in [7, 11) is 0. The van der Waals surface area contributed by atoms with Gasteiger partial charge in [0, 0.05) is 18.8 Å². The third-order valence-electron chi connectivity index (χ3n) is 4.50. The van der Waals surface area contributed by atoms with E-state index in [0.717, 1.165) is 25.4 Å². The quantitative estimate of drug-likeness (QED) is 0.596. The van der Waals surface area contributed by atoms with E-state index in [4.69, 9.17) is 0 Å². The summed E-state index contributed by atoms with van der Waals surface area (Å²) < 4.78 is 0. The maximum absolute atomic E-state index is 11.0. The third kappa shape index (κ3) is 4.81. The van der Waals surface area contributed by atoms with Crippen LogP contribution in [0.2, 0.25) is 0 Å². The van der Waals surface area contributed by atoms with E-state index < -0.39 is 5.54 Å². The molecule has 0 aromatic heterocycles. The largest absolute Gasteiger partial charge is 0.297 e. The van der Waals surface area contributed by atoms with Crippen LogP contribution in [-0.2, 0) is 6.42 Å². The smallest absolute Gasteiger partial charge is 0.229 e. The van der Waals surface area contributed by atoms with Crippen molar-refractivity contribution >= 4 is 0 Å². The van der Waals surface area contributed by atoms with Crippen molar-refractivity contribution < 1.29 is 4.92 Å². The van der Waals surface area contributed by atoms with Crippen molar-refractivity contribution in [3.8, 4) is 0 Å². The molecule has 0 spiro atoms. The van der Waals surface area contributed by atoms with Gasteiger partial charge in [0.05, 0.1) is 6.54 Å². The Morgan fingerprint density at radius 2 is 1.86 bits per heavy atom. The fourth-order valence-corrected chi connectivity index (χ4v) is 3.05. The van der Waals surface area contributed by atoms with Crippen LogP contribution >= 0.6 is 0 Å². The number of piperidine rings is 1. The maximum atomic E-state index is 11.0. The molecule has 0 unspecified atom stereocenters. The number of hydrogen-bond donors (Lipinski definition) is 0. The average Bonchev–Trinajstić information content (AvgIpc) is 2.47. The molecule has 0 bridgehead atoms. The Bertz CT molecular complexity index is 451. The Morgan fingerprint density at radius 3 is 2.43 bits per heavy atom. The van der Waals surface area contributed by atoms with Crippen LogP contribution in [0.25, 0.3) is 0 Å². The molecule has 0 amide bonds. The fourth-order valence-electron chi connectivity index (χ4n) is 3.05. The second-order valence-electron chi connectivity index (χ2n) is 6.81. The van der Waals surface area contributed by atoms with E-state index in [1.165, 1.54) is 24.8 Å². The number of likely N-dealkylation sites (tertiary alicyclic amines) is 1. The molecule has 1 aliphatic heterocycles. The lowest BCUT2D eigenvalue weighted by atomic mass is 9.90. The Labute approximate surface area is 127 Å². The standard InChI is InChI=1S/C17H26N2O2/c1-17(2,19(20)21)14-18-12-10-16(11-13-18)9-8-15-6-4-3-5-7-15/h3-7,16H,8-14H2,1-2H3. The van der Waals surface area contributed by atoms with Gasteiger partial charge in [0.15, 0.2) is 0 Å². The van der Waals surface area contributed by atoms with Crippen LogP contribution in [0.15, 0.2) is 30.3 Å². The molecule has 1 aromatic rings. The van der Waals surface area contributed by atoms with Crippen LogP contribution in [-0.4, -0.2) is 35.0 Å². The van der Waals surface area contributed by atoms with E-state index in [0.29, 0.717) is 6.54 Å². The molecule has 4 heteroatoms. The van der Waals surface area contributed by atoms with Crippen LogP contribution in [0, 0.1) is 16.0 Å². The first-order chi connectivity index (χ1) is 9.97. The van der Waals surface area contributed by atoms with Crippen LogP contribution in [0.4, 0.5) is 0 Å². The molecule has 1 aliphatic rings. The Morgan fingerprint density at radius 1 is 1.24 bits per heavy atom. The third-order valence-corrected chi connectivity index (χ3v) is 4.50. The predicted molar refractivity (Wildman–Crippen MR) is 85.0 cm³/mol. The lowest BCUT2D eigenvalue weighted by Crippen LogP contribution is -2.47. The van der Waals surface area contributed by atoms with Gasteiger partial charge in [-0.3, -0.25) is 15.0 Å². The highest BCUT2D eigenvalue weighted by atomic mass is 16.6. The van der Waals surface area contributed by atoms with Crippen molar-refractivity contribution in [2.75, 3.05) is 19.6 Å². The van der Waals surface area contributed by atoms with Crippen LogP contribution in [0.1, 0.15) is 38.7 Å². The first-order valence-corrected chi connectivity index (χ1v) is 7.88. The van der Waals surface area contributed by atoms with Gasteiger partial charge in [0.25, 0.3) is 0 Å². The molecule has 0 saturated carbocycles. The summed E-state index contributed by atoms with van der Waals surface area (Å²) in [6.45, 7) is 5.99. The number of hydrogen-bond acceptors (Lipinski definition) is 3. The van der Waals surface area contributed by atoms with Gasteiger partial charge in [-0.15, -0.1) is 0 Å². The molecule has 0 aliphatic carbocycles. The number of nitro groups is 1. The van der Waals surface area contributed by atoms with Gasteiger partial charge < -0.3 is 0 Å².